The molecule has 0 aromatic heterocycles. The van der Waals surface area contributed by atoms with Crippen LogP contribution in [0, 0.1) is 5.92 Å². The van der Waals surface area contributed by atoms with Crippen molar-refractivity contribution in [3.63, 3.8) is 0 Å². The zero-order valence-corrected chi connectivity index (χ0v) is 11.5. The maximum atomic E-state index is 12.5. The molecule has 3 nitrogen and oxygen atoms in total. The van der Waals surface area contributed by atoms with E-state index >= 15 is 0 Å². The van der Waals surface area contributed by atoms with E-state index in [1.165, 1.54) is 0 Å². The van der Waals surface area contributed by atoms with Gasteiger partial charge >= 0.3 is 6.18 Å². The molecule has 1 aliphatic carbocycles. The Balaban J connectivity index is 2.48. The minimum Gasteiger partial charge on any atom is -0.352 e. The summed E-state index contributed by atoms with van der Waals surface area (Å²) in [5, 5.41) is 2.80. The highest BCUT2D eigenvalue weighted by atomic mass is 19.4. The second kappa shape index (κ2) is 6.11. The maximum Gasteiger partial charge on any atom is 0.391 e. The summed E-state index contributed by atoms with van der Waals surface area (Å²) in [6.45, 7) is 3.67. The molecule has 6 heteroatoms. The van der Waals surface area contributed by atoms with Crippen molar-refractivity contribution < 1.29 is 18.0 Å². The van der Waals surface area contributed by atoms with E-state index in [9.17, 15) is 18.0 Å². The Hall–Kier alpha value is -0.780. The predicted molar refractivity (Wildman–Crippen MR) is 67.4 cm³/mol. The molecule has 0 unspecified atom stereocenters. The van der Waals surface area contributed by atoms with Crippen LogP contribution in [0.5, 0.6) is 0 Å². The maximum absolute atomic E-state index is 12.5. The number of rotatable bonds is 4. The van der Waals surface area contributed by atoms with Gasteiger partial charge in [-0.15, -0.1) is 0 Å². The van der Waals surface area contributed by atoms with E-state index in [0.717, 1.165) is 0 Å². The average molecular weight is 280 g/mol. The van der Waals surface area contributed by atoms with Crippen LogP contribution in [0.15, 0.2) is 0 Å². The number of halogens is 3. The minimum atomic E-state index is -4.11. The molecule has 112 valence electrons. The number of nitrogens with two attached hydrogens (primary N) is 1. The lowest BCUT2D eigenvalue weighted by Gasteiger charge is -2.33. The van der Waals surface area contributed by atoms with Crippen molar-refractivity contribution in [2.75, 3.05) is 0 Å². The van der Waals surface area contributed by atoms with Crippen LogP contribution in [0.3, 0.4) is 0 Å². The van der Waals surface area contributed by atoms with Crippen LogP contribution < -0.4 is 11.1 Å². The molecule has 3 N–H and O–H groups in total. The summed E-state index contributed by atoms with van der Waals surface area (Å²) in [5.74, 6) is -1.46. The molecule has 0 bridgehead atoms. The lowest BCUT2D eigenvalue weighted by Crippen LogP contribution is -2.56. The number of carbonyl (C=O) groups is 1. The number of nitrogens with one attached hydrogen (secondary N) is 1. The van der Waals surface area contributed by atoms with Crippen molar-refractivity contribution in [2.45, 2.75) is 70.1 Å². The predicted octanol–water partition coefficient (Wildman–Crippen LogP) is 2.74. The Morgan fingerprint density at radius 3 is 2.00 bits per heavy atom. The number of hydrogen-bond acceptors (Lipinski definition) is 2. The second-order valence-electron chi connectivity index (χ2n) is 5.43. The first-order valence-electron chi connectivity index (χ1n) is 6.89. The van der Waals surface area contributed by atoms with Gasteiger partial charge in [0.1, 0.15) is 0 Å². The first kappa shape index (κ1) is 16.3. The molecule has 0 aromatic rings. The summed E-state index contributed by atoms with van der Waals surface area (Å²) in [7, 11) is 0. The number of hydrogen-bond donors (Lipinski definition) is 2. The van der Waals surface area contributed by atoms with E-state index in [0.29, 0.717) is 25.7 Å². The average Bonchev–Trinajstić information content (AvgIpc) is 2.37. The summed E-state index contributed by atoms with van der Waals surface area (Å²) in [6.07, 6.45) is -2.15. The number of amides is 1. The molecular formula is C13H23F3N2O. The zero-order chi connectivity index (χ0) is 14.7. The highest BCUT2D eigenvalue weighted by Crippen LogP contribution is 2.37. The highest BCUT2D eigenvalue weighted by molar-refractivity contribution is 5.86. The van der Waals surface area contributed by atoms with Crippen molar-refractivity contribution in [3.05, 3.63) is 0 Å². The summed E-state index contributed by atoms with van der Waals surface area (Å²) in [4.78, 5) is 12.0. The van der Waals surface area contributed by atoms with E-state index in [2.05, 4.69) is 5.32 Å². The lowest BCUT2D eigenvalue weighted by molar-refractivity contribution is -0.182. The van der Waals surface area contributed by atoms with Crippen molar-refractivity contribution in [1.82, 2.24) is 5.32 Å². The third kappa shape index (κ3) is 4.09. The van der Waals surface area contributed by atoms with Gasteiger partial charge in [0.25, 0.3) is 0 Å². The molecule has 0 aromatic carbocycles. The van der Waals surface area contributed by atoms with Crippen LogP contribution in [-0.4, -0.2) is 23.7 Å². The molecule has 1 fully saturated rings. The fourth-order valence-corrected chi connectivity index (χ4v) is 2.47. The summed E-state index contributed by atoms with van der Waals surface area (Å²) < 4.78 is 37.6. The molecule has 1 saturated carbocycles. The van der Waals surface area contributed by atoms with E-state index in [-0.39, 0.29) is 24.8 Å². The summed E-state index contributed by atoms with van der Waals surface area (Å²) >= 11 is 0. The van der Waals surface area contributed by atoms with Gasteiger partial charge in [0.15, 0.2) is 0 Å². The molecular weight excluding hydrogens is 257 g/mol. The SMILES string of the molecule is CCC(N)(CC)C(=O)NC1CCC(C(F)(F)F)CC1. The van der Waals surface area contributed by atoms with Crippen LogP contribution in [0.4, 0.5) is 13.2 Å². The van der Waals surface area contributed by atoms with Crippen LogP contribution in [0.2, 0.25) is 0 Å². The molecule has 0 radical (unpaired) electrons. The van der Waals surface area contributed by atoms with E-state index in [1.54, 1.807) is 0 Å². The minimum absolute atomic E-state index is 0.0876. The zero-order valence-electron chi connectivity index (χ0n) is 11.5. The quantitative estimate of drug-likeness (QED) is 0.832. The van der Waals surface area contributed by atoms with Crippen LogP contribution in [-0.2, 0) is 4.79 Å². The fourth-order valence-electron chi connectivity index (χ4n) is 2.47. The monoisotopic (exact) mass is 280 g/mol. The molecule has 0 saturated heterocycles. The van der Waals surface area contributed by atoms with Crippen LogP contribution in [0.1, 0.15) is 52.4 Å². The third-order valence-electron chi connectivity index (χ3n) is 4.24. The molecule has 0 heterocycles. The molecule has 0 atom stereocenters. The Labute approximate surface area is 112 Å². The standard InChI is InChI=1S/C13H23F3N2O/c1-3-12(17,4-2)11(19)18-10-7-5-9(6-8-10)13(14,15)16/h9-10H,3-8,17H2,1-2H3,(H,18,19). The third-order valence-corrected chi connectivity index (χ3v) is 4.24. The first-order valence-corrected chi connectivity index (χ1v) is 6.89. The van der Waals surface area contributed by atoms with Crippen molar-refractivity contribution in [2.24, 2.45) is 11.7 Å². The van der Waals surface area contributed by atoms with Gasteiger partial charge in [0.2, 0.25) is 5.91 Å². The number of alkyl halides is 3. The Morgan fingerprint density at radius 2 is 1.63 bits per heavy atom. The smallest absolute Gasteiger partial charge is 0.352 e. The van der Waals surface area contributed by atoms with Gasteiger partial charge in [-0.3, -0.25) is 4.79 Å². The molecule has 19 heavy (non-hydrogen) atoms. The van der Waals surface area contributed by atoms with Gasteiger partial charge in [-0.25, -0.2) is 0 Å². The molecule has 0 spiro atoms. The van der Waals surface area contributed by atoms with Crippen molar-refractivity contribution in [3.8, 4) is 0 Å². The van der Waals surface area contributed by atoms with E-state index in [4.69, 9.17) is 5.73 Å². The van der Waals surface area contributed by atoms with Gasteiger partial charge in [0.05, 0.1) is 11.5 Å². The van der Waals surface area contributed by atoms with Gasteiger partial charge < -0.3 is 11.1 Å². The second-order valence-corrected chi connectivity index (χ2v) is 5.43. The van der Waals surface area contributed by atoms with Gasteiger partial charge in [-0.05, 0) is 38.5 Å². The largest absolute Gasteiger partial charge is 0.391 e. The van der Waals surface area contributed by atoms with Gasteiger partial charge in [-0.2, -0.15) is 13.2 Å². The molecule has 0 aliphatic heterocycles. The van der Waals surface area contributed by atoms with Crippen LogP contribution >= 0.6 is 0 Å². The molecule has 1 amide bonds. The normalized spacial score (nSPS) is 25.2. The van der Waals surface area contributed by atoms with Gasteiger partial charge in [0, 0.05) is 6.04 Å². The first-order chi connectivity index (χ1) is 8.73. The van der Waals surface area contributed by atoms with E-state index < -0.39 is 17.6 Å². The summed E-state index contributed by atoms with van der Waals surface area (Å²) in [6, 6.07) is -0.174. The number of carbonyl (C=O) groups excluding carboxylic acids is 1. The van der Waals surface area contributed by atoms with Crippen molar-refractivity contribution in [1.29, 1.82) is 0 Å². The summed E-state index contributed by atoms with van der Waals surface area (Å²) in [5.41, 5.74) is 5.06. The van der Waals surface area contributed by atoms with Gasteiger partial charge in [-0.1, -0.05) is 13.8 Å². The van der Waals surface area contributed by atoms with Crippen LogP contribution in [0.25, 0.3) is 0 Å². The van der Waals surface area contributed by atoms with Crippen molar-refractivity contribution >= 4 is 5.91 Å². The fraction of sp³-hybridized carbons (Fsp3) is 0.923. The van der Waals surface area contributed by atoms with E-state index in [1.807, 2.05) is 13.8 Å². The molecule has 1 aliphatic rings. The highest BCUT2D eigenvalue weighted by Gasteiger charge is 2.42. The Kier molecular flexibility index (Phi) is 5.24. The lowest BCUT2D eigenvalue weighted by atomic mass is 9.84. The molecule has 1 rings (SSSR count). The topological polar surface area (TPSA) is 55.1 Å². The Bertz CT molecular complexity index is 306. The Morgan fingerprint density at radius 1 is 1.16 bits per heavy atom.